The van der Waals surface area contributed by atoms with E-state index in [1.165, 1.54) is 0 Å². The van der Waals surface area contributed by atoms with Crippen molar-refractivity contribution >= 4 is 22.6 Å². The number of aromatic nitrogens is 3. The summed E-state index contributed by atoms with van der Waals surface area (Å²) in [5.41, 5.74) is 2.55. The summed E-state index contributed by atoms with van der Waals surface area (Å²) in [4.78, 5) is 33.7. The average Bonchev–Trinajstić information content (AvgIpc) is 3.21. The zero-order valence-electron chi connectivity index (χ0n) is 16.5. The van der Waals surface area contributed by atoms with Crippen molar-refractivity contribution in [3.05, 3.63) is 59.2 Å². The molecule has 154 valence electrons. The highest BCUT2D eigenvalue weighted by molar-refractivity contribution is 5.97. The van der Waals surface area contributed by atoms with Gasteiger partial charge in [0.25, 0.3) is 11.8 Å². The lowest BCUT2D eigenvalue weighted by molar-refractivity contribution is 0.0540. The first-order valence-electron chi connectivity index (χ1n) is 10.3. The molecule has 3 aromatic rings. The molecule has 0 radical (unpaired) electrons. The molecule has 0 spiro atoms. The largest absolute Gasteiger partial charge is 0.393 e. The molecule has 30 heavy (non-hydrogen) atoms. The molecule has 8 nitrogen and oxygen atoms in total. The van der Waals surface area contributed by atoms with Crippen LogP contribution in [0.1, 0.15) is 45.1 Å². The lowest BCUT2D eigenvalue weighted by Gasteiger charge is -2.30. The number of likely N-dealkylation sites (tertiary alicyclic amines) is 1. The van der Waals surface area contributed by atoms with Crippen molar-refractivity contribution in [2.45, 2.75) is 31.9 Å². The predicted octanol–water partition coefficient (Wildman–Crippen LogP) is 1.75. The highest BCUT2D eigenvalue weighted by atomic mass is 16.3. The monoisotopic (exact) mass is 405 g/mol. The minimum Gasteiger partial charge on any atom is -0.393 e. The number of benzene rings is 1. The summed E-state index contributed by atoms with van der Waals surface area (Å²) in [5, 5.41) is 18.9. The second-order valence-corrected chi connectivity index (χ2v) is 7.95. The number of fused-ring (bicyclic) bond motifs is 2. The first-order chi connectivity index (χ1) is 14.6. The molecule has 0 atom stereocenters. The first-order valence-corrected chi connectivity index (χ1v) is 10.3. The van der Waals surface area contributed by atoms with Gasteiger partial charge in [0.15, 0.2) is 5.69 Å². The number of pyridine rings is 1. The van der Waals surface area contributed by atoms with Crippen molar-refractivity contribution in [2.75, 3.05) is 19.6 Å². The molecule has 1 saturated heterocycles. The summed E-state index contributed by atoms with van der Waals surface area (Å²) < 4.78 is 0. The summed E-state index contributed by atoms with van der Waals surface area (Å²) in [7, 11) is 0. The van der Waals surface area contributed by atoms with E-state index >= 15 is 0 Å². The number of hydrogen-bond acceptors (Lipinski definition) is 5. The van der Waals surface area contributed by atoms with E-state index in [4.69, 9.17) is 0 Å². The van der Waals surface area contributed by atoms with E-state index in [2.05, 4.69) is 15.2 Å². The van der Waals surface area contributed by atoms with Crippen LogP contribution in [0.25, 0.3) is 10.8 Å². The highest BCUT2D eigenvalue weighted by Crippen LogP contribution is 2.24. The molecule has 0 bridgehead atoms. The fourth-order valence-electron chi connectivity index (χ4n) is 4.25. The van der Waals surface area contributed by atoms with Crippen molar-refractivity contribution in [2.24, 2.45) is 0 Å². The number of aromatic amines is 1. The molecule has 0 unspecified atom stereocenters. The number of H-pyrrole nitrogens is 1. The molecule has 4 heterocycles. The summed E-state index contributed by atoms with van der Waals surface area (Å²) in [5.74, 6) is -0.228. The number of aliphatic hydroxyl groups is 1. The third-order valence-electron chi connectivity index (χ3n) is 6.03. The number of amides is 2. The van der Waals surface area contributed by atoms with Crippen LogP contribution in [-0.4, -0.2) is 67.6 Å². The minimum absolute atomic E-state index is 0.102. The quantitative estimate of drug-likeness (QED) is 0.676. The molecule has 5 rings (SSSR count). The van der Waals surface area contributed by atoms with Gasteiger partial charge in [0.2, 0.25) is 0 Å². The van der Waals surface area contributed by atoms with Crippen molar-refractivity contribution in [1.82, 2.24) is 25.0 Å². The van der Waals surface area contributed by atoms with Crippen LogP contribution in [0, 0.1) is 0 Å². The lowest BCUT2D eigenvalue weighted by Crippen LogP contribution is -2.41. The van der Waals surface area contributed by atoms with E-state index in [-0.39, 0.29) is 17.9 Å². The van der Waals surface area contributed by atoms with Gasteiger partial charge in [-0.3, -0.25) is 19.7 Å². The fourth-order valence-corrected chi connectivity index (χ4v) is 4.25. The van der Waals surface area contributed by atoms with E-state index < -0.39 is 0 Å². The Morgan fingerprint density at radius 2 is 1.80 bits per heavy atom. The maximum absolute atomic E-state index is 13.0. The van der Waals surface area contributed by atoms with E-state index in [1.807, 2.05) is 30.3 Å². The Bertz CT molecular complexity index is 1120. The molecule has 0 aliphatic carbocycles. The molecular formula is C22H23N5O3. The summed E-state index contributed by atoms with van der Waals surface area (Å²) >= 11 is 0. The molecular weight excluding hydrogens is 382 g/mol. The zero-order valence-corrected chi connectivity index (χ0v) is 16.5. The Kier molecular flexibility index (Phi) is 4.71. The Morgan fingerprint density at radius 1 is 1.03 bits per heavy atom. The molecule has 0 saturated carbocycles. The second kappa shape index (κ2) is 7.53. The summed E-state index contributed by atoms with van der Waals surface area (Å²) in [6.45, 7) is 1.97. The van der Waals surface area contributed by atoms with Crippen LogP contribution < -0.4 is 0 Å². The van der Waals surface area contributed by atoms with Crippen LogP contribution in [0.4, 0.5) is 0 Å². The number of nitrogens with zero attached hydrogens (tertiary/aromatic N) is 4. The van der Waals surface area contributed by atoms with Gasteiger partial charge in [-0.25, -0.2) is 0 Å². The molecule has 2 aliphatic heterocycles. The summed E-state index contributed by atoms with van der Waals surface area (Å²) in [6, 6.07) is 9.64. The Morgan fingerprint density at radius 3 is 2.60 bits per heavy atom. The summed E-state index contributed by atoms with van der Waals surface area (Å²) in [6.07, 6.45) is 3.16. The third-order valence-corrected chi connectivity index (χ3v) is 6.03. The SMILES string of the molecule is O=C(c1cc2ccccc2cn1)N1CCc2c(C(=O)N3CCC(O)CC3)n[nH]c2C1. The first kappa shape index (κ1) is 18.7. The van der Waals surface area contributed by atoms with Gasteiger partial charge in [0, 0.05) is 36.8 Å². The smallest absolute Gasteiger partial charge is 0.274 e. The molecule has 1 aromatic carbocycles. The number of nitrogens with one attached hydrogen (secondary N) is 1. The molecule has 1 fully saturated rings. The van der Waals surface area contributed by atoms with E-state index in [0.717, 1.165) is 22.0 Å². The van der Waals surface area contributed by atoms with E-state index in [1.54, 1.807) is 16.0 Å². The van der Waals surface area contributed by atoms with Crippen LogP contribution in [0.15, 0.2) is 36.5 Å². The van der Waals surface area contributed by atoms with Crippen LogP contribution in [0.5, 0.6) is 0 Å². The Hall–Kier alpha value is -3.26. The predicted molar refractivity (Wildman–Crippen MR) is 110 cm³/mol. The average molecular weight is 405 g/mol. The number of piperidine rings is 1. The molecule has 2 aromatic heterocycles. The topological polar surface area (TPSA) is 102 Å². The van der Waals surface area contributed by atoms with Gasteiger partial charge in [-0.05, 0) is 30.7 Å². The van der Waals surface area contributed by atoms with Gasteiger partial charge in [-0.15, -0.1) is 0 Å². The van der Waals surface area contributed by atoms with Crippen molar-refractivity contribution in [3.8, 4) is 0 Å². The Labute approximate surface area is 173 Å². The van der Waals surface area contributed by atoms with Gasteiger partial charge >= 0.3 is 0 Å². The second-order valence-electron chi connectivity index (χ2n) is 7.95. The maximum atomic E-state index is 13.0. The maximum Gasteiger partial charge on any atom is 0.274 e. The van der Waals surface area contributed by atoms with Gasteiger partial charge in [0.05, 0.1) is 18.3 Å². The van der Waals surface area contributed by atoms with Crippen molar-refractivity contribution in [1.29, 1.82) is 0 Å². The lowest BCUT2D eigenvalue weighted by atomic mass is 10.0. The van der Waals surface area contributed by atoms with Crippen LogP contribution in [0.2, 0.25) is 0 Å². The Balaban J connectivity index is 1.33. The van der Waals surface area contributed by atoms with Gasteiger partial charge < -0.3 is 14.9 Å². The number of aliphatic hydroxyl groups excluding tert-OH is 1. The molecule has 2 amide bonds. The van der Waals surface area contributed by atoms with E-state index in [9.17, 15) is 14.7 Å². The standard InChI is InChI=1S/C22H23N5O3/c28-16-5-8-26(9-6-16)22(30)20-17-7-10-27(13-19(17)24-25-20)21(29)18-11-14-3-1-2-4-15(14)12-23-18/h1-4,11-12,16,28H,5-10,13H2,(H,24,25). The van der Waals surface area contributed by atoms with Crippen LogP contribution >= 0.6 is 0 Å². The van der Waals surface area contributed by atoms with Gasteiger partial charge in [-0.2, -0.15) is 5.10 Å². The molecule has 8 heteroatoms. The fraction of sp³-hybridized carbons (Fsp3) is 0.364. The van der Waals surface area contributed by atoms with Crippen molar-refractivity contribution in [3.63, 3.8) is 0 Å². The van der Waals surface area contributed by atoms with E-state index in [0.29, 0.717) is 56.8 Å². The molecule has 2 aliphatic rings. The number of carbonyl (C=O) groups excluding carboxylic acids is 2. The number of rotatable bonds is 2. The van der Waals surface area contributed by atoms with Gasteiger partial charge in [-0.1, -0.05) is 24.3 Å². The number of hydrogen-bond donors (Lipinski definition) is 2. The van der Waals surface area contributed by atoms with Crippen molar-refractivity contribution < 1.29 is 14.7 Å². The highest BCUT2D eigenvalue weighted by Gasteiger charge is 2.31. The third kappa shape index (κ3) is 3.33. The normalized spacial score (nSPS) is 17.2. The number of carbonyl (C=O) groups is 2. The minimum atomic E-state index is -0.328. The van der Waals surface area contributed by atoms with Gasteiger partial charge in [0.1, 0.15) is 5.69 Å². The van der Waals surface area contributed by atoms with Crippen LogP contribution in [0.3, 0.4) is 0 Å². The zero-order chi connectivity index (χ0) is 20.7. The van der Waals surface area contributed by atoms with Crippen LogP contribution in [-0.2, 0) is 13.0 Å². The molecule has 2 N–H and O–H groups in total.